The van der Waals surface area contributed by atoms with Crippen molar-refractivity contribution in [3.63, 3.8) is 0 Å². The summed E-state index contributed by atoms with van der Waals surface area (Å²) in [6.45, 7) is 5.28. The standard InChI is InChI=1S/C25H24BrN3O/c1-17-10-11-21(18(2)14-17)25(30)27-13-12-24-28-22-8-3-4-9-23(22)29(24)16-19-6-5-7-20(26)15-19/h3-11,14-15H,12-13,16H2,1-2H3,(H,27,30). The van der Waals surface area contributed by atoms with E-state index in [2.05, 4.69) is 44.0 Å². The number of rotatable bonds is 6. The number of para-hydroxylation sites is 2. The molecule has 4 rings (SSSR count). The largest absolute Gasteiger partial charge is 0.352 e. The Morgan fingerprint density at radius 3 is 2.67 bits per heavy atom. The monoisotopic (exact) mass is 461 g/mol. The van der Waals surface area contributed by atoms with Gasteiger partial charge in [-0.05, 0) is 55.3 Å². The van der Waals surface area contributed by atoms with E-state index in [9.17, 15) is 4.79 Å². The van der Waals surface area contributed by atoms with Gasteiger partial charge in [0.25, 0.3) is 5.91 Å². The molecule has 5 heteroatoms. The van der Waals surface area contributed by atoms with Crippen molar-refractivity contribution in [1.29, 1.82) is 0 Å². The van der Waals surface area contributed by atoms with E-state index in [0.717, 1.165) is 44.6 Å². The molecule has 0 radical (unpaired) electrons. The van der Waals surface area contributed by atoms with Gasteiger partial charge in [0.1, 0.15) is 5.82 Å². The molecule has 0 bridgehead atoms. The van der Waals surface area contributed by atoms with Crippen LogP contribution in [-0.2, 0) is 13.0 Å². The Hall–Kier alpha value is -2.92. The number of imidazole rings is 1. The minimum atomic E-state index is -0.0397. The minimum Gasteiger partial charge on any atom is -0.352 e. The highest BCUT2D eigenvalue weighted by Crippen LogP contribution is 2.20. The highest BCUT2D eigenvalue weighted by molar-refractivity contribution is 9.10. The van der Waals surface area contributed by atoms with E-state index >= 15 is 0 Å². The quantitative estimate of drug-likeness (QED) is 0.415. The minimum absolute atomic E-state index is 0.0397. The maximum absolute atomic E-state index is 12.6. The van der Waals surface area contributed by atoms with Gasteiger partial charge in [0.15, 0.2) is 0 Å². The zero-order valence-electron chi connectivity index (χ0n) is 17.2. The molecular weight excluding hydrogens is 438 g/mol. The van der Waals surface area contributed by atoms with Crippen LogP contribution >= 0.6 is 15.9 Å². The SMILES string of the molecule is Cc1ccc(C(=O)NCCc2nc3ccccc3n2Cc2cccc(Br)c2)c(C)c1. The molecule has 1 N–H and O–H groups in total. The van der Waals surface area contributed by atoms with Gasteiger partial charge in [-0.25, -0.2) is 4.98 Å². The summed E-state index contributed by atoms with van der Waals surface area (Å²) in [6, 6.07) is 22.4. The summed E-state index contributed by atoms with van der Waals surface area (Å²) in [5, 5.41) is 3.05. The van der Waals surface area contributed by atoms with Crippen LogP contribution in [0.1, 0.15) is 32.9 Å². The van der Waals surface area contributed by atoms with Gasteiger partial charge in [0.2, 0.25) is 0 Å². The smallest absolute Gasteiger partial charge is 0.251 e. The third-order valence-electron chi connectivity index (χ3n) is 5.22. The molecule has 1 heterocycles. The number of benzene rings is 3. The Morgan fingerprint density at radius 1 is 1.03 bits per heavy atom. The van der Waals surface area contributed by atoms with Gasteiger partial charge < -0.3 is 9.88 Å². The third-order valence-corrected chi connectivity index (χ3v) is 5.72. The molecule has 0 saturated heterocycles. The molecule has 1 aromatic heterocycles. The van der Waals surface area contributed by atoms with Crippen molar-refractivity contribution in [2.75, 3.05) is 6.54 Å². The molecule has 3 aromatic carbocycles. The number of halogens is 1. The molecule has 4 nitrogen and oxygen atoms in total. The van der Waals surface area contributed by atoms with Crippen molar-refractivity contribution < 1.29 is 4.79 Å². The first kappa shape index (κ1) is 20.4. The van der Waals surface area contributed by atoms with Crippen molar-refractivity contribution in [1.82, 2.24) is 14.9 Å². The number of fused-ring (bicyclic) bond motifs is 1. The lowest BCUT2D eigenvalue weighted by atomic mass is 10.1. The van der Waals surface area contributed by atoms with Crippen LogP contribution in [0.5, 0.6) is 0 Å². The van der Waals surface area contributed by atoms with Crippen LogP contribution in [-0.4, -0.2) is 22.0 Å². The number of hydrogen-bond donors (Lipinski definition) is 1. The molecule has 0 saturated carbocycles. The fourth-order valence-electron chi connectivity index (χ4n) is 3.76. The Morgan fingerprint density at radius 2 is 1.87 bits per heavy atom. The number of hydrogen-bond acceptors (Lipinski definition) is 2. The van der Waals surface area contributed by atoms with Crippen LogP contribution in [0, 0.1) is 13.8 Å². The molecule has 30 heavy (non-hydrogen) atoms. The first-order valence-electron chi connectivity index (χ1n) is 10.1. The second-order valence-corrected chi connectivity index (χ2v) is 8.47. The van der Waals surface area contributed by atoms with Crippen molar-refractivity contribution in [2.45, 2.75) is 26.8 Å². The molecule has 1 amide bonds. The zero-order valence-corrected chi connectivity index (χ0v) is 18.7. The molecule has 0 aliphatic carbocycles. The highest BCUT2D eigenvalue weighted by Gasteiger charge is 2.13. The van der Waals surface area contributed by atoms with Crippen molar-refractivity contribution in [3.8, 4) is 0 Å². The van der Waals surface area contributed by atoms with E-state index in [1.807, 2.05) is 62.4 Å². The number of carbonyl (C=O) groups excluding carboxylic acids is 1. The normalized spacial score (nSPS) is 11.0. The van der Waals surface area contributed by atoms with Gasteiger partial charge in [-0.3, -0.25) is 4.79 Å². The van der Waals surface area contributed by atoms with Gasteiger partial charge in [0.05, 0.1) is 11.0 Å². The molecule has 4 aromatic rings. The van der Waals surface area contributed by atoms with Crippen LogP contribution in [0.25, 0.3) is 11.0 Å². The van der Waals surface area contributed by atoms with Gasteiger partial charge in [-0.1, -0.05) is 57.9 Å². The van der Waals surface area contributed by atoms with E-state index in [1.165, 1.54) is 5.56 Å². The summed E-state index contributed by atoms with van der Waals surface area (Å²) >= 11 is 3.55. The number of aryl methyl sites for hydroxylation is 2. The average Bonchev–Trinajstić information content (AvgIpc) is 3.05. The highest BCUT2D eigenvalue weighted by atomic mass is 79.9. The average molecular weight is 462 g/mol. The van der Waals surface area contributed by atoms with E-state index in [-0.39, 0.29) is 5.91 Å². The summed E-state index contributed by atoms with van der Waals surface area (Å²) in [4.78, 5) is 17.4. The summed E-state index contributed by atoms with van der Waals surface area (Å²) < 4.78 is 3.30. The Balaban J connectivity index is 1.53. The summed E-state index contributed by atoms with van der Waals surface area (Å²) in [5.41, 5.74) is 6.16. The maximum atomic E-state index is 12.6. The molecule has 0 unspecified atom stereocenters. The lowest BCUT2D eigenvalue weighted by molar-refractivity contribution is 0.0953. The lowest BCUT2D eigenvalue weighted by Gasteiger charge is -2.11. The molecule has 0 fully saturated rings. The Labute approximate surface area is 185 Å². The predicted octanol–water partition coefficient (Wildman–Crippen LogP) is 5.44. The van der Waals surface area contributed by atoms with Crippen LogP contribution in [0.2, 0.25) is 0 Å². The van der Waals surface area contributed by atoms with E-state index in [1.54, 1.807) is 0 Å². The lowest BCUT2D eigenvalue weighted by Crippen LogP contribution is -2.27. The van der Waals surface area contributed by atoms with Crippen LogP contribution in [0.4, 0.5) is 0 Å². The molecule has 0 atom stereocenters. The van der Waals surface area contributed by atoms with Gasteiger partial charge in [0, 0.05) is 29.5 Å². The van der Waals surface area contributed by atoms with Crippen molar-refractivity contribution >= 4 is 32.9 Å². The molecular formula is C25H24BrN3O. The van der Waals surface area contributed by atoms with Crippen LogP contribution in [0.15, 0.2) is 71.2 Å². The predicted molar refractivity (Wildman–Crippen MR) is 125 cm³/mol. The Bertz CT molecular complexity index is 1210. The third kappa shape index (κ3) is 4.46. The number of aromatic nitrogens is 2. The summed E-state index contributed by atoms with van der Waals surface area (Å²) in [6.07, 6.45) is 0.666. The first-order chi connectivity index (χ1) is 14.5. The first-order valence-corrected chi connectivity index (χ1v) is 10.8. The molecule has 0 aliphatic rings. The summed E-state index contributed by atoms with van der Waals surface area (Å²) in [5.74, 6) is 0.930. The number of nitrogens with one attached hydrogen (secondary N) is 1. The van der Waals surface area contributed by atoms with Crippen molar-refractivity contribution in [2.24, 2.45) is 0 Å². The topological polar surface area (TPSA) is 46.9 Å². The van der Waals surface area contributed by atoms with E-state index in [0.29, 0.717) is 13.0 Å². The molecule has 152 valence electrons. The van der Waals surface area contributed by atoms with Gasteiger partial charge in [-0.15, -0.1) is 0 Å². The van der Waals surface area contributed by atoms with E-state index in [4.69, 9.17) is 4.98 Å². The second kappa shape index (κ2) is 8.84. The van der Waals surface area contributed by atoms with Gasteiger partial charge >= 0.3 is 0 Å². The fraction of sp³-hybridized carbons (Fsp3) is 0.200. The number of nitrogens with zero attached hydrogens (tertiary/aromatic N) is 2. The Kier molecular flexibility index (Phi) is 6.00. The summed E-state index contributed by atoms with van der Waals surface area (Å²) in [7, 11) is 0. The van der Waals surface area contributed by atoms with Crippen LogP contribution < -0.4 is 5.32 Å². The van der Waals surface area contributed by atoms with Gasteiger partial charge in [-0.2, -0.15) is 0 Å². The second-order valence-electron chi connectivity index (χ2n) is 7.56. The maximum Gasteiger partial charge on any atom is 0.251 e. The fourth-order valence-corrected chi connectivity index (χ4v) is 4.21. The number of carbonyl (C=O) groups is 1. The molecule has 0 aliphatic heterocycles. The number of amides is 1. The van der Waals surface area contributed by atoms with Crippen LogP contribution in [0.3, 0.4) is 0 Å². The van der Waals surface area contributed by atoms with E-state index < -0.39 is 0 Å². The van der Waals surface area contributed by atoms with Crippen molar-refractivity contribution in [3.05, 3.63) is 99.3 Å². The zero-order chi connectivity index (χ0) is 21.1. The molecule has 0 spiro atoms.